The molecule has 1 aliphatic heterocycles. The van der Waals surface area contributed by atoms with Crippen molar-refractivity contribution in [3.63, 3.8) is 0 Å². The fourth-order valence-corrected chi connectivity index (χ4v) is 2.65. The Bertz CT molecular complexity index is 627. The molecule has 1 unspecified atom stereocenters. The van der Waals surface area contributed by atoms with Gasteiger partial charge in [0.2, 0.25) is 0 Å². The highest BCUT2D eigenvalue weighted by Gasteiger charge is 2.20. The number of nitrogens with zero attached hydrogens (tertiary/aromatic N) is 3. The first-order valence-corrected chi connectivity index (χ1v) is 7.16. The summed E-state index contributed by atoms with van der Waals surface area (Å²) in [6.07, 6.45) is 1.01. The molecular weight excluding hydrogens is 264 g/mol. The van der Waals surface area contributed by atoms with Gasteiger partial charge in [0.15, 0.2) is 5.82 Å². The first-order valence-electron chi connectivity index (χ1n) is 7.16. The largest absolute Gasteiger partial charge is 0.496 e. The van der Waals surface area contributed by atoms with Crippen molar-refractivity contribution in [3.05, 3.63) is 35.9 Å². The smallest absolute Gasteiger partial charge is 0.151 e. The van der Waals surface area contributed by atoms with E-state index in [1.807, 2.05) is 24.3 Å². The summed E-state index contributed by atoms with van der Waals surface area (Å²) in [5, 5.41) is 8.70. The first-order chi connectivity index (χ1) is 10.2. The van der Waals surface area contributed by atoms with E-state index in [-0.39, 0.29) is 6.04 Å². The van der Waals surface area contributed by atoms with Crippen molar-refractivity contribution in [1.29, 1.82) is 0 Å². The Morgan fingerprint density at radius 3 is 2.71 bits per heavy atom. The van der Waals surface area contributed by atoms with Crippen molar-refractivity contribution in [2.45, 2.75) is 19.4 Å². The molecule has 1 aromatic heterocycles. The molecule has 3 rings (SSSR count). The van der Waals surface area contributed by atoms with Crippen molar-refractivity contribution in [1.82, 2.24) is 10.2 Å². The molecule has 110 valence electrons. The van der Waals surface area contributed by atoms with Crippen LogP contribution in [0.25, 0.3) is 11.3 Å². The van der Waals surface area contributed by atoms with Crippen LogP contribution in [-0.2, 0) is 0 Å². The van der Waals surface area contributed by atoms with Crippen LogP contribution in [-0.4, -0.2) is 36.4 Å². The van der Waals surface area contributed by atoms with Crippen molar-refractivity contribution < 1.29 is 4.74 Å². The molecule has 21 heavy (non-hydrogen) atoms. The number of aromatic nitrogens is 2. The van der Waals surface area contributed by atoms with E-state index in [1.54, 1.807) is 7.11 Å². The van der Waals surface area contributed by atoms with Crippen LogP contribution in [0.3, 0.4) is 0 Å². The Hall–Kier alpha value is -2.14. The topological polar surface area (TPSA) is 64.3 Å². The van der Waals surface area contributed by atoms with Crippen LogP contribution in [0.4, 0.5) is 5.82 Å². The zero-order chi connectivity index (χ0) is 14.8. The number of rotatable bonds is 3. The van der Waals surface area contributed by atoms with Gasteiger partial charge < -0.3 is 15.4 Å². The Balaban J connectivity index is 1.89. The first kappa shape index (κ1) is 13.8. The predicted molar refractivity (Wildman–Crippen MR) is 83.6 cm³/mol. The number of aryl methyl sites for hydroxylation is 1. The third-order valence-electron chi connectivity index (χ3n) is 3.83. The number of hydrogen-bond acceptors (Lipinski definition) is 5. The molecule has 1 aromatic carbocycles. The van der Waals surface area contributed by atoms with Crippen LogP contribution < -0.4 is 15.4 Å². The molecule has 0 radical (unpaired) electrons. The fraction of sp³-hybridized carbons (Fsp3) is 0.375. The van der Waals surface area contributed by atoms with Crippen molar-refractivity contribution >= 4 is 5.82 Å². The van der Waals surface area contributed by atoms with Crippen molar-refractivity contribution in [3.8, 4) is 17.0 Å². The van der Waals surface area contributed by atoms with Crippen molar-refractivity contribution in [2.75, 3.05) is 25.1 Å². The number of ether oxygens (including phenoxy) is 1. The monoisotopic (exact) mass is 284 g/mol. The van der Waals surface area contributed by atoms with E-state index in [9.17, 15) is 0 Å². The molecule has 0 aliphatic carbocycles. The summed E-state index contributed by atoms with van der Waals surface area (Å²) in [6.45, 7) is 3.85. The minimum atomic E-state index is 0.239. The van der Waals surface area contributed by atoms with E-state index >= 15 is 0 Å². The lowest BCUT2D eigenvalue weighted by atomic mass is 10.1. The second-order valence-corrected chi connectivity index (χ2v) is 5.48. The number of nitrogens with two attached hydrogens (primary N) is 1. The van der Waals surface area contributed by atoms with Gasteiger partial charge in [0.1, 0.15) is 5.75 Å². The summed E-state index contributed by atoms with van der Waals surface area (Å²) in [7, 11) is 1.67. The molecule has 1 aliphatic rings. The second-order valence-electron chi connectivity index (χ2n) is 5.48. The number of hydrogen-bond donors (Lipinski definition) is 1. The normalized spacial score (nSPS) is 18.0. The van der Waals surface area contributed by atoms with Gasteiger partial charge in [-0.2, -0.15) is 0 Å². The van der Waals surface area contributed by atoms with E-state index in [1.165, 1.54) is 5.56 Å². The van der Waals surface area contributed by atoms with E-state index in [0.717, 1.165) is 42.3 Å². The molecule has 5 heteroatoms. The molecule has 0 amide bonds. The zero-order valence-corrected chi connectivity index (χ0v) is 12.4. The fourth-order valence-electron chi connectivity index (χ4n) is 2.65. The van der Waals surface area contributed by atoms with Crippen LogP contribution in [0, 0.1) is 6.92 Å². The Kier molecular flexibility index (Phi) is 3.75. The van der Waals surface area contributed by atoms with Crippen LogP contribution in [0.2, 0.25) is 0 Å². The lowest BCUT2D eigenvalue weighted by Gasteiger charge is -2.16. The van der Waals surface area contributed by atoms with Gasteiger partial charge in [0, 0.05) is 24.7 Å². The summed E-state index contributed by atoms with van der Waals surface area (Å²) in [5.41, 5.74) is 8.89. The molecular formula is C16H20N4O. The molecule has 1 saturated heterocycles. The van der Waals surface area contributed by atoms with Gasteiger partial charge in [0.25, 0.3) is 0 Å². The predicted octanol–water partition coefficient (Wildman–Crippen LogP) is 2.00. The molecule has 1 atom stereocenters. The van der Waals surface area contributed by atoms with Gasteiger partial charge >= 0.3 is 0 Å². The highest BCUT2D eigenvalue weighted by Crippen LogP contribution is 2.30. The molecule has 2 N–H and O–H groups in total. The third-order valence-corrected chi connectivity index (χ3v) is 3.83. The molecule has 5 nitrogen and oxygen atoms in total. The lowest BCUT2D eigenvalue weighted by Crippen LogP contribution is -2.27. The molecule has 2 heterocycles. The maximum Gasteiger partial charge on any atom is 0.151 e. The van der Waals surface area contributed by atoms with Crippen LogP contribution in [0.15, 0.2) is 30.3 Å². The lowest BCUT2D eigenvalue weighted by molar-refractivity contribution is 0.416. The minimum Gasteiger partial charge on any atom is -0.496 e. The minimum absolute atomic E-state index is 0.239. The number of methoxy groups -OCH3 is 1. The number of benzene rings is 1. The molecule has 2 aromatic rings. The van der Waals surface area contributed by atoms with E-state index in [0.29, 0.717) is 0 Å². The van der Waals surface area contributed by atoms with E-state index in [2.05, 4.69) is 28.1 Å². The van der Waals surface area contributed by atoms with Gasteiger partial charge in [0.05, 0.1) is 12.8 Å². The quantitative estimate of drug-likeness (QED) is 0.934. The Morgan fingerprint density at radius 1 is 1.24 bits per heavy atom. The summed E-state index contributed by atoms with van der Waals surface area (Å²) in [6, 6.07) is 10.3. The van der Waals surface area contributed by atoms with Gasteiger partial charge in [-0.3, -0.25) is 0 Å². The van der Waals surface area contributed by atoms with E-state index in [4.69, 9.17) is 10.5 Å². The van der Waals surface area contributed by atoms with Crippen LogP contribution >= 0.6 is 0 Å². The average molecular weight is 284 g/mol. The summed E-state index contributed by atoms with van der Waals surface area (Å²) < 4.78 is 5.40. The highest BCUT2D eigenvalue weighted by molar-refractivity contribution is 5.68. The van der Waals surface area contributed by atoms with Crippen molar-refractivity contribution in [2.24, 2.45) is 5.73 Å². The number of anilines is 1. The molecule has 1 fully saturated rings. The average Bonchev–Trinajstić information content (AvgIpc) is 2.94. The maximum atomic E-state index is 5.93. The van der Waals surface area contributed by atoms with Gasteiger partial charge in [-0.1, -0.05) is 11.6 Å². The van der Waals surface area contributed by atoms with Crippen LogP contribution in [0.1, 0.15) is 12.0 Å². The van der Waals surface area contributed by atoms with Gasteiger partial charge in [-0.15, -0.1) is 10.2 Å². The summed E-state index contributed by atoms with van der Waals surface area (Å²) >= 11 is 0. The maximum absolute atomic E-state index is 5.93. The summed E-state index contributed by atoms with van der Waals surface area (Å²) in [4.78, 5) is 2.18. The Morgan fingerprint density at radius 2 is 2.10 bits per heavy atom. The van der Waals surface area contributed by atoms with Crippen LogP contribution in [0.5, 0.6) is 5.75 Å². The SMILES string of the molecule is COc1ccc(C)cc1-c1ccc(N2CCC(N)C2)nn1. The van der Waals surface area contributed by atoms with Gasteiger partial charge in [-0.05, 0) is 37.6 Å². The molecule has 0 saturated carbocycles. The molecule has 0 bridgehead atoms. The second kappa shape index (κ2) is 5.69. The third kappa shape index (κ3) is 2.83. The Labute approximate surface area is 124 Å². The molecule has 0 spiro atoms. The highest BCUT2D eigenvalue weighted by atomic mass is 16.5. The zero-order valence-electron chi connectivity index (χ0n) is 12.4. The van der Waals surface area contributed by atoms with E-state index < -0.39 is 0 Å². The standard InChI is InChI=1S/C16H20N4O/c1-11-3-5-15(21-2)13(9-11)14-4-6-16(19-18-14)20-8-7-12(17)10-20/h3-6,9,12H,7-8,10,17H2,1-2H3. The summed E-state index contributed by atoms with van der Waals surface area (Å²) in [5.74, 6) is 1.70. The van der Waals surface area contributed by atoms with Gasteiger partial charge in [-0.25, -0.2) is 0 Å².